The number of nitrogens with zero attached hydrogens (tertiary/aromatic N) is 3. The molecule has 24 heavy (non-hydrogen) atoms. The summed E-state index contributed by atoms with van der Waals surface area (Å²) in [5.41, 5.74) is 1.75. The lowest BCUT2D eigenvalue weighted by Crippen LogP contribution is -2.14. The zero-order chi connectivity index (χ0) is 16.9. The van der Waals surface area contributed by atoms with Crippen LogP contribution in [0.25, 0.3) is 0 Å². The molecule has 1 heterocycles. The maximum atomic E-state index is 12.1. The van der Waals surface area contributed by atoms with E-state index in [1.807, 2.05) is 60.1 Å². The second-order valence-electron chi connectivity index (χ2n) is 5.20. The van der Waals surface area contributed by atoms with Crippen LogP contribution in [0.2, 0.25) is 0 Å². The van der Waals surface area contributed by atoms with Crippen LogP contribution in [0.1, 0.15) is 5.56 Å². The largest absolute Gasteiger partial charge is 0.326 e. The topological polar surface area (TPSA) is 59.8 Å². The standard InChI is InChI=1S/C17H15BrN4OS/c1-22-11-19-21-17(22)24-15-8-6-14(7-9-15)20-16(23)10-12-2-4-13(18)5-3-12/h2-9,11H,10H2,1H3,(H,20,23). The van der Waals surface area contributed by atoms with Gasteiger partial charge < -0.3 is 9.88 Å². The van der Waals surface area contributed by atoms with Crippen LogP contribution in [0.5, 0.6) is 0 Å². The highest BCUT2D eigenvalue weighted by Crippen LogP contribution is 2.26. The molecule has 0 saturated heterocycles. The van der Waals surface area contributed by atoms with Crippen molar-refractivity contribution < 1.29 is 4.79 Å². The van der Waals surface area contributed by atoms with Gasteiger partial charge in [0.15, 0.2) is 5.16 Å². The maximum absolute atomic E-state index is 12.1. The van der Waals surface area contributed by atoms with Gasteiger partial charge in [-0.15, -0.1) is 10.2 Å². The SMILES string of the molecule is Cn1cnnc1Sc1ccc(NC(=O)Cc2ccc(Br)cc2)cc1. The van der Waals surface area contributed by atoms with Gasteiger partial charge >= 0.3 is 0 Å². The molecule has 0 aliphatic carbocycles. The Morgan fingerprint density at radius 1 is 1.17 bits per heavy atom. The Hall–Kier alpha value is -2.12. The Bertz CT molecular complexity index is 831. The number of nitrogens with one attached hydrogen (secondary N) is 1. The number of aryl methyl sites for hydroxylation is 1. The molecule has 0 saturated carbocycles. The summed E-state index contributed by atoms with van der Waals surface area (Å²) in [4.78, 5) is 13.1. The van der Waals surface area contributed by atoms with E-state index in [1.165, 1.54) is 11.8 Å². The van der Waals surface area contributed by atoms with Gasteiger partial charge in [0.25, 0.3) is 0 Å². The van der Waals surface area contributed by atoms with E-state index in [0.29, 0.717) is 6.42 Å². The second-order valence-corrected chi connectivity index (χ2v) is 7.16. The molecule has 0 fully saturated rings. The van der Waals surface area contributed by atoms with Crippen LogP contribution in [0.15, 0.2) is 69.4 Å². The lowest BCUT2D eigenvalue weighted by atomic mass is 10.1. The summed E-state index contributed by atoms with van der Waals surface area (Å²) in [5, 5.41) is 11.6. The van der Waals surface area contributed by atoms with Gasteiger partial charge in [-0.05, 0) is 53.7 Å². The molecule has 0 aliphatic heterocycles. The van der Waals surface area contributed by atoms with Crippen LogP contribution in [0.3, 0.4) is 0 Å². The van der Waals surface area contributed by atoms with E-state index in [0.717, 1.165) is 25.8 Å². The average Bonchev–Trinajstić information content (AvgIpc) is 2.96. The van der Waals surface area contributed by atoms with Crippen molar-refractivity contribution in [2.24, 2.45) is 7.05 Å². The number of halogens is 1. The Morgan fingerprint density at radius 2 is 1.88 bits per heavy atom. The molecule has 1 amide bonds. The molecule has 0 unspecified atom stereocenters. The van der Waals surface area contributed by atoms with Crippen molar-refractivity contribution in [3.8, 4) is 0 Å². The van der Waals surface area contributed by atoms with Crippen LogP contribution >= 0.6 is 27.7 Å². The van der Waals surface area contributed by atoms with Crippen LogP contribution < -0.4 is 5.32 Å². The molecule has 5 nitrogen and oxygen atoms in total. The Kier molecular flexibility index (Phi) is 5.32. The summed E-state index contributed by atoms with van der Waals surface area (Å²) < 4.78 is 2.86. The monoisotopic (exact) mass is 402 g/mol. The highest BCUT2D eigenvalue weighted by molar-refractivity contribution is 9.10. The van der Waals surface area contributed by atoms with Gasteiger partial charge in [-0.2, -0.15) is 0 Å². The van der Waals surface area contributed by atoms with Crippen molar-refractivity contribution in [2.45, 2.75) is 16.5 Å². The van der Waals surface area contributed by atoms with E-state index >= 15 is 0 Å². The highest BCUT2D eigenvalue weighted by atomic mass is 79.9. The molecule has 3 rings (SSSR count). The van der Waals surface area contributed by atoms with Gasteiger partial charge in [-0.1, -0.05) is 28.1 Å². The molecular weight excluding hydrogens is 388 g/mol. The fourth-order valence-corrected chi connectivity index (χ4v) is 3.10. The molecule has 0 bridgehead atoms. The van der Waals surface area contributed by atoms with Crippen molar-refractivity contribution in [1.29, 1.82) is 0 Å². The van der Waals surface area contributed by atoms with E-state index in [4.69, 9.17) is 0 Å². The van der Waals surface area contributed by atoms with E-state index in [2.05, 4.69) is 31.4 Å². The summed E-state index contributed by atoms with van der Waals surface area (Å²) in [5.74, 6) is -0.0361. The minimum absolute atomic E-state index is 0.0361. The van der Waals surface area contributed by atoms with Gasteiger partial charge in [-0.25, -0.2) is 0 Å². The number of aromatic nitrogens is 3. The van der Waals surface area contributed by atoms with Crippen LogP contribution in [-0.4, -0.2) is 20.7 Å². The number of hydrogen-bond donors (Lipinski definition) is 1. The lowest BCUT2D eigenvalue weighted by Gasteiger charge is -2.07. The molecule has 2 aromatic carbocycles. The first kappa shape index (κ1) is 16.7. The molecular formula is C17H15BrN4OS. The second kappa shape index (κ2) is 7.63. The molecule has 122 valence electrons. The zero-order valence-corrected chi connectivity index (χ0v) is 15.3. The average molecular weight is 403 g/mol. The maximum Gasteiger partial charge on any atom is 0.228 e. The normalized spacial score (nSPS) is 10.6. The fraction of sp³-hybridized carbons (Fsp3) is 0.118. The summed E-state index contributed by atoms with van der Waals surface area (Å²) in [6, 6.07) is 15.4. The first-order valence-electron chi connectivity index (χ1n) is 7.26. The highest BCUT2D eigenvalue weighted by Gasteiger charge is 2.06. The quantitative estimate of drug-likeness (QED) is 0.702. The Balaban J connectivity index is 1.58. The lowest BCUT2D eigenvalue weighted by molar-refractivity contribution is -0.115. The summed E-state index contributed by atoms with van der Waals surface area (Å²) in [6.07, 6.45) is 2.02. The van der Waals surface area contributed by atoms with Gasteiger partial charge in [0.05, 0.1) is 6.42 Å². The van der Waals surface area contributed by atoms with Crippen molar-refractivity contribution >= 4 is 39.3 Å². The van der Waals surface area contributed by atoms with E-state index in [9.17, 15) is 4.79 Å². The zero-order valence-electron chi connectivity index (χ0n) is 12.9. The third-order valence-corrected chi connectivity index (χ3v) is 4.88. The van der Waals surface area contributed by atoms with E-state index < -0.39 is 0 Å². The van der Waals surface area contributed by atoms with Crippen molar-refractivity contribution in [3.05, 3.63) is 64.9 Å². The van der Waals surface area contributed by atoms with Gasteiger partial charge in [0.1, 0.15) is 6.33 Å². The summed E-state index contributed by atoms with van der Waals surface area (Å²) >= 11 is 4.91. The predicted octanol–water partition coefficient (Wildman–Crippen LogP) is 3.91. The third kappa shape index (κ3) is 4.46. The molecule has 1 N–H and O–H groups in total. The summed E-state index contributed by atoms with van der Waals surface area (Å²) in [7, 11) is 1.90. The van der Waals surface area contributed by atoms with Gasteiger partial charge in [0, 0.05) is 22.1 Å². The Morgan fingerprint density at radius 3 is 2.50 bits per heavy atom. The van der Waals surface area contributed by atoms with Crippen molar-refractivity contribution in [3.63, 3.8) is 0 Å². The number of carbonyl (C=O) groups excluding carboxylic acids is 1. The minimum atomic E-state index is -0.0361. The number of carbonyl (C=O) groups is 1. The van der Waals surface area contributed by atoms with E-state index in [-0.39, 0.29) is 5.91 Å². The van der Waals surface area contributed by atoms with Crippen LogP contribution in [0, 0.1) is 0 Å². The number of rotatable bonds is 5. The number of hydrogen-bond acceptors (Lipinski definition) is 4. The van der Waals surface area contributed by atoms with E-state index in [1.54, 1.807) is 6.33 Å². The van der Waals surface area contributed by atoms with Crippen LogP contribution in [0.4, 0.5) is 5.69 Å². The minimum Gasteiger partial charge on any atom is -0.326 e. The molecule has 0 atom stereocenters. The molecule has 0 spiro atoms. The number of amides is 1. The molecule has 0 aliphatic rings. The molecule has 0 radical (unpaired) electrons. The fourth-order valence-electron chi connectivity index (χ4n) is 2.07. The first-order valence-corrected chi connectivity index (χ1v) is 8.87. The van der Waals surface area contributed by atoms with Crippen molar-refractivity contribution in [1.82, 2.24) is 14.8 Å². The first-order chi connectivity index (χ1) is 11.6. The number of anilines is 1. The smallest absolute Gasteiger partial charge is 0.228 e. The molecule has 7 heteroatoms. The predicted molar refractivity (Wildman–Crippen MR) is 98.0 cm³/mol. The number of benzene rings is 2. The Labute approximate surface area is 152 Å². The third-order valence-electron chi connectivity index (χ3n) is 3.30. The van der Waals surface area contributed by atoms with Gasteiger partial charge in [0.2, 0.25) is 5.91 Å². The molecule has 3 aromatic rings. The van der Waals surface area contributed by atoms with Crippen LogP contribution in [-0.2, 0) is 18.3 Å². The molecule has 1 aromatic heterocycles. The summed E-state index contributed by atoms with van der Waals surface area (Å²) in [6.45, 7) is 0. The van der Waals surface area contributed by atoms with Crippen molar-refractivity contribution in [2.75, 3.05) is 5.32 Å². The van der Waals surface area contributed by atoms with Gasteiger partial charge in [-0.3, -0.25) is 4.79 Å².